The van der Waals surface area contributed by atoms with Crippen LogP contribution in [0.5, 0.6) is 0 Å². The van der Waals surface area contributed by atoms with Gasteiger partial charge < -0.3 is 5.32 Å². The highest BCUT2D eigenvalue weighted by Gasteiger charge is 2.17. The Morgan fingerprint density at radius 2 is 1.57 bits per heavy atom. The molecule has 2 atom stereocenters. The molecule has 2 rings (SSSR count). The fourth-order valence-corrected chi connectivity index (χ4v) is 2.73. The van der Waals surface area contributed by atoms with Crippen molar-refractivity contribution < 1.29 is 8.78 Å². The van der Waals surface area contributed by atoms with Crippen LogP contribution in [0.25, 0.3) is 0 Å². The first-order valence-corrected chi connectivity index (χ1v) is 7.71. The third-order valence-electron chi connectivity index (χ3n) is 3.42. The molecule has 0 aromatic heterocycles. The molecule has 0 radical (unpaired) electrons. The normalized spacial score (nSPS) is 14.0. The van der Waals surface area contributed by atoms with Gasteiger partial charge in [-0.3, -0.25) is 0 Å². The van der Waals surface area contributed by atoms with E-state index in [1.807, 2.05) is 31.2 Å². The van der Waals surface area contributed by atoms with Gasteiger partial charge >= 0.3 is 0 Å². The molecule has 2 aromatic carbocycles. The van der Waals surface area contributed by atoms with Gasteiger partial charge in [-0.15, -0.1) is 0 Å². The molecule has 2 unspecified atom stereocenters. The zero-order valence-electron chi connectivity index (χ0n) is 12.0. The van der Waals surface area contributed by atoms with Gasteiger partial charge in [-0.1, -0.05) is 34.1 Å². The highest BCUT2D eigenvalue weighted by molar-refractivity contribution is 9.10. The fourth-order valence-electron chi connectivity index (χ4n) is 2.47. The zero-order chi connectivity index (χ0) is 15.4. The summed E-state index contributed by atoms with van der Waals surface area (Å²) in [6.07, 6.45) is 0.799. The maximum absolute atomic E-state index is 13.7. The molecule has 0 aliphatic rings. The van der Waals surface area contributed by atoms with Crippen LogP contribution in [-0.4, -0.2) is 6.04 Å². The van der Waals surface area contributed by atoms with Gasteiger partial charge in [0.2, 0.25) is 0 Å². The minimum atomic E-state index is -0.508. The summed E-state index contributed by atoms with van der Waals surface area (Å²) in [5, 5.41) is 3.25. The summed E-state index contributed by atoms with van der Waals surface area (Å²) < 4.78 is 28.5. The first-order valence-electron chi connectivity index (χ1n) is 6.91. The Morgan fingerprint density at radius 3 is 2.14 bits per heavy atom. The quantitative estimate of drug-likeness (QED) is 0.796. The second-order valence-corrected chi connectivity index (χ2v) is 6.17. The summed E-state index contributed by atoms with van der Waals surface area (Å²) in [4.78, 5) is 0. The average Bonchev–Trinajstić information content (AvgIpc) is 2.41. The third kappa shape index (κ3) is 4.35. The predicted molar refractivity (Wildman–Crippen MR) is 85.2 cm³/mol. The molecular weight excluding hydrogens is 336 g/mol. The van der Waals surface area contributed by atoms with Crippen LogP contribution < -0.4 is 5.32 Å². The lowest BCUT2D eigenvalue weighted by Gasteiger charge is -2.21. The lowest BCUT2D eigenvalue weighted by atomic mass is 10.0. The Balaban J connectivity index is 2.02. The van der Waals surface area contributed by atoms with Crippen LogP contribution in [0.4, 0.5) is 8.78 Å². The van der Waals surface area contributed by atoms with E-state index in [0.717, 1.165) is 10.9 Å². The first kappa shape index (κ1) is 16.1. The predicted octanol–water partition coefficient (Wildman–Crippen LogP) is 5.01. The Labute approximate surface area is 132 Å². The Kier molecular flexibility index (Phi) is 5.48. The van der Waals surface area contributed by atoms with Crippen molar-refractivity contribution in [3.63, 3.8) is 0 Å². The number of halogens is 3. The maximum atomic E-state index is 13.7. The lowest BCUT2D eigenvalue weighted by Crippen LogP contribution is -2.31. The highest BCUT2D eigenvalue weighted by atomic mass is 79.9. The molecule has 21 heavy (non-hydrogen) atoms. The van der Waals surface area contributed by atoms with Gasteiger partial charge in [-0.05, 0) is 50.1 Å². The van der Waals surface area contributed by atoms with Gasteiger partial charge in [0.15, 0.2) is 0 Å². The minimum absolute atomic E-state index is 0.0974. The van der Waals surface area contributed by atoms with Crippen LogP contribution in [-0.2, 0) is 6.42 Å². The van der Waals surface area contributed by atoms with E-state index in [2.05, 4.69) is 21.2 Å². The highest BCUT2D eigenvalue weighted by Crippen LogP contribution is 2.21. The number of hydrogen-bond donors (Lipinski definition) is 1. The molecular formula is C17H18BrF2N. The summed E-state index contributed by atoms with van der Waals surface area (Å²) in [5.41, 5.74) is 1.28. The van der Waals surface area contributed by atoms with Gasteiger partial charge in [0.25, 0.3) is 0 Å². The van der Waals surface area contributed by atoms with Crippen LogP contribution in [0.3, 0.4) is 0 Å². The van der Waals surface area contributed by atoms with Crippen LogP contribution >= 0.6 is 15.9 Å². The van der Waals surface area contributed by atoms with E-state index in [1.54, 1.807) is 6.92 Å². The van der Waals surface area contributed by atoms with E-state index in [4.69, 9.17) is 0 Å². The van der Waals surface area contributed by atoms with Crippen molar-refractivity contribution in [1.82, 2.24) is 5.32 Å². The molecule has 4 heteroatoms. The summed E-state index contributed by atoms with van der Waals surface area (Å²) in [7, 11) is 0. The molecule has 112 valence electrons. The molecule has 0 amide bonds. The number of nitrogens with one attached hydrogen (secondary N) is 1. The number of hydrogen-bond acceptors (Lipinski definition) is 1. The maximum Gasteiger partial charge on any atom is 0.130 e. The molecule has 1 N–H and O–H groups in total. The van der Waals surface area contributed by atoms with Crippen molar-refractivity contribution in [2.45, 2.75) is 32.4 Å². The number of benzene rings is 2. The second-order valence-electron chi connectivity index (χ2n) is 5.26. The summed E-state index contributed by atoms with van der Waals surface area (Å²) in [6, 6.07) is 11.7. The molecule has 0 heterocycles. The van der Waals surface area contributed by atoms with Crippen LogP contribution in [0.2, 0.25) is 0 Å². The Morgan fingerprint density at radius 1 is 1.00 bits per heavy atom. The van der Waals surface area contributed by atoms with Crippen molar-refractivity contribution >= 4 is 15.9 Å². The van der Waals surface area contributed by atoms with Gasteiger partial charge in [0.1, 0.15) is 11.6 Å². The topological polar surface area (TPSA) is 12.0 Å². The third-order valence-corrected chi connectivity index (χ3v) is 3.95. The minimum Gasteiger partial charge on any atom is -0.307 e. The van der Waals surface area contributed by atoms with Gasteiger partial charge in [0.05, 0.1) is 0 Å². The Hall–Kier alpha value is -1.26. The molecule has 0 aliphatic carbocycles. The zero-order valence-corrected chi connectivity index (χ0v) is 13.6. The molecule has 2 aromatic rings. The second kappa shape index (κ2) is 7.14. The molecule has 0 spiro atoms. The monoisotopic (exact) mass is 353 g/mol. The van der Waals surface area contributed by atoms with Gasteiger partial charge in [-0.2, -0.15) is 0 Å². The lowest BCUT2D eigenvalue weighted by molar-refractivity contribution is 0.440. The van der Waals surface area contributed by atoms with Crippen LogP contribution in [0.15, 0.2) is 46.9 Å². The number of rotatable bonds is 5. The largest absolute Gasteiger partial charge is 0.307 e. The smallest absolute Gasteiger partial charge is 0.130 e. The van der Waals surface area contributed by atoms with Crippen molar-refractivity contribution in [3.8, 4) is 0 Å². The van der Waals surface area contributed by atoms with E-state index in [0.29, 0.717) is 0 Å². The van der Waals surface area contributed by atoms with Crippen LogP contribution in [0, 0.1) is 11.6 Å². The molecule has 0 saturated heterocycles. The first-order chi connectivity index (χ1) is 9.97. The van der Waals surface area contributed by atoms with Crippen molar-refractivity contribution in [3.05, 3.63) is 69.7 Å². The molecule has 0 fully saturated rings. The van der Waals surface area contributed by atoms with Crippen molar-refractivity contribution in [2.75, 3.05) is 0 Å². The standard InChI is InChI=1S/C17H18BrF2N/c1-11(10-13-6-8-14(18)9-7-13)21-12(2)17-15(19)4-3-5-16(17)20/h3-9,11-12,21H,10H2,1-2H3. The van der Waals surface area contributed by atoms with Gasteiger partial charge in [0, 0.05) is 22.1 Å². The van der Waals surface area contributed by atoms with Crippen LogP contribution in [0.1, 0.15) is 31.0 Å². The van der Waals surface area contributed by atoms with E-state index in [1.165, 1.54) is 23.8 Å². The molecule has 0 saturated carbocycles. The SMILES string of the molecule is CC(Cc1ccc(Br)cc1)NC(C)c1c(F)cccc1F. The summed E-state index contributed by atoms with van der Waals surface area (Å²) in [5.74, 6) is -1.02. The summed E-state index contributed by atoms with van der Waals surface area (Å²) >= 11 is 3.40. The van der Waals surface area contributed by atoms with Crippen molar-refractivity contribution in [2.24, 2.45) is 0 Å². The molecule has 0 aliphatic heterocycles. The Bertz CT molecular complexity index is 578. The van der Waals surface area contributed by atoms with Crippen molar-refractivity contribution in [1.29, 1.82) is 0 Å². The van der Waals surface area contributed by atoms with E-state index in [-0.39, 0.29) is 17.6 Å². The van der Waals surface area contributed by atoms with E-state index in [9.17, 15) is 8.78 Å². The average molecular weight is 354 g/mol. The fraction of sp³-hybridized carbons (Fsp3) is 0.294. The summed E-state index contributed by atoms with van der Waals surface area (Å²) in [6.45, 7) is 3.79. The van der Waals surface area contributed by atoms with Gasteiger partial charge in [-0.25, -0.2) is 8.78 Å². The van der Waals surface area contributed by atoms with E-state index >= 15 is 0 Å². The molecule has 1 nitrogen and oxygen atoms in total. The van der Waals surface area contributed by atoms with E-state index < -0.39 is 11.6 Å². The molecule has 0 bridgehead atoms.